The lowest BCUT2D eigenvalue weighted by atomic mass is 9.82. The minimum atomic E-state index is -3.21. The Balaban J connectivity index is 1.48. The van der Waals surface area contributed by atoms with Crippen LogP contribution in [0.2, 0.25) is 18.6 Å². The summed E-state index contributed by atoms with van der Waals surface area (Å²) >= 11 is 0. The number of hydrogen-bond acceptors (Lipinski definition) is 4. The van der Waals surface area contributed by atoms with Crippen LogP contribution in [-0.2, 0) is 26.5 Å². The fourth-order valence-electron chi connectivity index (χ4n) is 6.99. The van der Waals surface area contributed by atoms with Crippen molar-refractivity contribution in [1.29, 1.82) is 0 Å². The molecule has 0 aromatic heterocycles. The fraction of sp³-hybridized carbons (Fsp3) is 0.533. The van der Waals surface area contributed by atoms with Crippen molar-refractivity contribution >= 4 is 31.6 Å². The molecule has 6 nitrogen and oxygen atoms in total. The first kappa shape index (κ1) is 27.0. The third-order valence-corrected chi connectivity index (χ3v) is 11.1. The van der Waals surface area contributed by atoms with Gasteiger partial charge in [0.1, 0.15) is 0 Å². The smallest absolute Gasteiger partial charge is 0.264 e. The maximum Gasteiger partial charge on any atom is 0.264 e. The van der Waals surface area contributed by atoms with E-state index in [0.29, 0.717) is 25.9 Å². The van der Waals surface area contributed by atoms with E-state index in [1.54, 1.807) is 18.0 Å². The van der Waals surface area contributed by atoms with Gasteiger partial charge in [0.15, 0.2) is 5.60 Å². The monoisotopic (exact) mass is 538 g/mol. The normalized spacial score (nSPS) is 28.1. The maximum absolute atomic E-state index is 15.6. The molecule has 3 aliphatic heterocycles. The average Bonchev–Trinajstić information content (AvgIpc) is 3.29. The van der Waals surface area contributed by atoms with Gasteiger partial charge in [0, 0.05) is 42.3 Å². The number of amides is 2. The van der Waals surface area contributed by atoms with Crippen molar-refractivity contribution in [3.8, 4) is 0 Å². The zero-order chi connectivity index (χ0) is 27.1. The van der Waals surface area contributed by atoms with Gasteiger partial charge in [-0.25, -0.2) is 0 Å². The summed E-state index contributed by atoms with van der Waals surface area (Å²) in [6, 6.07) is 15.5. The van der Waals surface area contributed by atoms with Gasteiger partial charge in [-0.3, -0.25) is 9.59 Å². The number of para-hydroxylation sites is 1. The predicted molar refractivity (Wildman–Crippen MR) is 149 cm³/mol. The molecule has 8 heteroatoms. The van der Waals surface area contributed by atoms with Crippen LogP contribution in [0, 0.1) is 5.92 Å². The molecule has 2 fully saturated rings. The number of fused-ring (bicyclic) bond motifs is 2. The zero-order valence-electron chi connectivity index (χ0n) is 22.7. The Morgan fingerprint density at radius 2 is 1.84 bits per heavy atom. The Hall–Kier alpha value is -2.55. The first-order valence-electron chi connectivity index (χ1n) is 14.0. The largest absolute Gasteiger partial charge is 0.396 e. The van der Waals surface area contributed by atoms with E-state index in [9.17, 15) is 14.7 Å². The number of aliphatic hydroxyl groups is 1. The van der Waals surface area contributed by atoms with Gasteiger partial charge < -0.3 is 23.8 Å². The van der Waals surface area contributed by atoms with Gasteiger partial charge in [-0.05, 0) is 56.1 Å². The minimum absolute atomic E-state index is 0.115. The topological polar surface area (TPSA) is 70.1 Å². The van der Waals surface area contributed by atoms with Crippen LogP contribution in [-0.4, -0.2) is 44.6 Å². The van der Waals surface area contributed by atoms with E-state index in [0.717, 1.165) is 48.2 Å². The van der Waals surface area contributed by atoms with E-state index >= 15 is 4.11 Å². The van der Waals surface area contributed by atoms with Gasteiger partial charge in [0.25, 0.3) is 5.91 Å². The molecule has 0 unspecified atom stereocenters. The number of halogens is 1. The molecule has 0 bridgehead atoms. The van der Waals surface area contributed by atoms with E-state index in [-0.39, 0.29) is 24.3 Å². The van der Waals surface area contributed by atoms with Crippen molar-refractivity contribution in [1.82, 2.24) is 0 Å². The van der Waals surface area contributed by atoms with E-state index in [2.05, 4.69) is 0 Å². The number of rotatable bonds is 6. The predicted octanol–water partition coefficient (Wildman–Crippen LogP) is 5.69. The molecule has 0 radical (unpaired) electrons. The van der Waals surface area contributed by atoms with Gasteiger partial charge in [0.05, 0.1) is 18.3 Å². The molecule has 2 saturated heterocycles. The molecule has 1 spiro atoms. The van der Waals surface area contributed by atoms with Gasteiger partial charge in [-0.2, -0.15) is 0 Å². The van der Waals surface area contributed by atoms with Crippen LogP contribution in [0.15, 0.2) is 48.5 Å². The highest BCUT2D eigenvalue weighted by molar-refractivity contribution is 6.72. The molecule has 204 valence electrons. The van der Waals surface area contributed by atoms with Crippen molar-refractivity contribution in [2.45, 2.75) is 82.3 Å². The van der Waals surface area contributed by atoms with Crippen molar-refractivity contribution < 1.29 is 23.5 Å². The molecule has 0 aliphatic carbocycles. The van der Waals surface area contributed by atoms with Crippen molar-refractivity contribution in [2.75, 3.05) is 23.0 Å². The van der Waals surface area contributed by atoms with Crippen LogP contribution in [0.25, 0.3) is 0 Å². The molecule has 38 heavy (non-hydrogen) atoms. The van der Waals surface area contributed by atoms with Crippen molar-refractivity contribution in [3.05, 3.63) is 59.7 Å². The number of aliphatic hydroxyl groups excluding tert-OH is 1. The molecule has 2 amide bonds. The highest BCUT2D eigenvalue weighted by Gasteiger charge is 2.66. The van der Waals surface area contributed by atoms with E-state index in [4.69, 9.17) is 4.74 Å². The average molecular weight is 539 g/mol. The van der Waals surface area contributed by atoms with Gasteiger partial charge in [0.2, 0.25) is 14.3 Å². The molecule has 4 atom stereocenters. The second-order valence-corrected chi connectivity index (χ2v) is 15.4. The molecular weight excluding hydrogens is 499 g/mol. The summed E-state index contributed by atoms with van der Waals surface area (Å²) in [4.78, 5) is 30.8. The number of ether oxygens (including phenoxy) is 1. The summed E-state index contributed by atoms with van der Waals surface area (Å²) in [7, 11) is -3.21. The lowest BCUT2D eigenvalue weighted by Crippen LogP contribution is -2.45. The van der Waals surface area contributed by atoms with Crippen LogP contribution in [0.3, 0.4) is 0 Å². The van der Waals surface area contributed by atoms with Crippen LogP contribution in [0.4, 0.5) is 15.5 Å². The zero-order valence-corrected chi connectivity index (χ0v) is 23.7. The van der Waals surface area contributed by atoms with Crippen LogP contribution in [0.1, 0.15) is 56.6 Å². The molecule has 2 aromatic carbocycles. The number of carbonyl (C=O) groups excluding carboxylic acids is 2. The van der Waals surface area contributed by atoms with Gasteiger partial charge in [-0.15, -0.1) is 0 Å². The quantitative estimate of drug-likeness (QED) is 0.379. The Morgan fingerprint density at radius 3 is 2.61 bits per heavy atom. The van der Waals surface area contributed by atoms with Crippen molar-refractivity contribution in [2.24, 2.45) is 5.92 Å². The van der Waals surface area contributed by atoms with Crippen molar-refractivity contribution in [3.63, 3.8) is 0 Å². The molecule has 2 aromatic rings. The van der Waals surface area contributed by atoms with Crippen LogP contribution >= 0.6 is 0 Å². The Kier molecular flexibility index (Phi) is 7.50. The lowest BCUT2D eigenvalue weighted by molar-refractivity contribution is -0.146. The first-order chi connectivity index (χ1) is 18.2. The highest BCUT2D eigenvalue weighted by atomic mass is 28.4. The number of hydrogen-bond donors (Lipinski definition) is 1. The Morgan fingerprint density at radius 1 is 1.08 bits per heavy atom. The lowest BCUT2D eigenvalue weighted by Gasteiger charge is -2.31. The molecule has 0 saturated carbocycles. The molecule has 3 aliphatic rings. The van der Waals surface area contributed by atoms with Gasteiger partial charge in [-0.1, -0.05) is 50.1 Å². The highest BCUT2D eigenvalue weighted by Crippen LogP contribution is 2.60. The van der Waals surface area contributed by atoms with E-state index in [1.807, 2.05) is 60.4 Å². The summed E-state index contributed by atoms with van der Waals surface area (Å²) < 4.78 is 22.2. The second-order valence-electron chi connectivity index (χ2n) is 11.6. The maximum atomic E-state index is 15.6. The molecular formula is C30H39FN2O4Si. The van der Waals surface area contributed by atoms with E-state index < -0.39 is 25.7 Å². The summed E-state index contributed by atoms with van der Waals surface area (Å²) in [5.41, 5.74) is 1.66. The Bertz CT molecular complexity index is 1200. The molecule has 5 rings (SSSR count). The third kappa shape index (κ3) is 4.60. The summed E-state index contributed by atoms with van der Waals surface area (Å²) in [5, 5.41) is 9.71. The standard InChI is InChI=1S/C30H39FN2O4Si/c1-21-28(38(2,3)31)26(16-18-34)37-30(21)24-13-7-8-14-25(24)33(29(30)36)20-22-11-10-12-23(19-22)32-17-9-5-4-6-15-27(32)35/h7-8,10-14,19,21,26,28,34H,4-6,9,15-18,20H2,1-3H3/t21-,26+,28-,30+/m1/s1. The molecule has 1 N–H and O–H groups in total. The Labute approximate surface area is 226 Å². The van der Waals surface area contributed by atoms with E-state index in [1.165, 1.54) is 0 Å². The first-order valence-corrected chi connectivity index (χ1v) is 16.9. The van der Waals surface area contributed by atoms with Gasteiger partial charge >= 0.3 is 0 Å². The number of benzene rings is 2. The number of nitrogens with zero attached hydrogens (tertiary/aromatic N) is 2. The number of anilines is 2. The SMILES string of the molecule is C[C@@H]1[C@@H]([Si](C)(C)F)[C@H](CCO)O[C@@]12C(=O)N(Cc1cccc(N3CCCCCCC3=O)c1)c1ccccc12. The third-order valence-electron chi connectivity index (χ3n) is 8.67. The minimum Gasteiger partial charge on any atom is -0.396 e. The summed E-state index contributed by atoms with van der Waals surface area (Å²) in [6.07, 6.45) is 4.48. The van der Waals surface area contributed by atoms with Crippen LogP contribution < -0.4 is 9.80 Å². The second kappa shape index (κ2) is 10.5. The summed E-state index contributed by atoms with van der Waals surface area (Å²) in [5.74, 6) is -0.396. The van der Waals surface area contributed by atoms with Crippen LogP contribution in [0.5, 0.6) is 0 Å². The molecule has 3 heterocycles. The number of carbonyl (C=O) groups is 2. The summed E-state index contributed by atoms with van der Waals surface area (Å²) in [6.45, 7) is 6.19. The fourth-order valence-corrected chi connectivity index (χ4v) is 9.54.